The molecule has 144 valence electrons. The minimum Gasteiger partial charge on any atom is -0.495 e. The Hall–Kier alpha value is -2.36. The van der Waals surface area contributed by atoms with Gasteiger partial charge in [-0.15, -0.1) is 0 Å². The van der Waals surface area contributed by atoms with Gasteiger partial charge in [-0.2, -0.15) is 13.2 Å². The van der Waals surface area contributed by atoms with E-state index in [-0.39, 0.29) is 30.1 Å². The monoisotopic (exact) mass is 375 g/mol. The molecule has 0 radical (unpaired) electrons. The number of halogens is 3. The number of methoxy groups -OCH3 is 1. The van der Waals surface area contributed by atoms with Crippen molar-refractivity contribution >= 4 is 17.3 Å². The quantitative estimate of drug-likeness (QED) is 0.631. The SMILES string of the molecule is COc1ccc([N+](=O)[O-])cc1NC(=O)[C@@H](C)N1CCC[C@@H](C(F)(F)F)C1. The van der Waals surface area contributed by atoms with Crippen LogP contribution in [0, 0.1) is 16.0 Å². The van der Waals surface area contributed by atoms with Gasteiger partial charge in [0, 0.05) is 18.7 Å². The standard InChI is InChI=1S/C16H20F3N3O4/c1-10(21-7-3-4-11(9-21)16(17,18)19)15(23)20-13-8-12(22(24)25)5-6-14(13)26-2/h5-6,8,10-11H,3-4,7,9H2,1-2H3,(H,20,23)/t10-,11-/m1/s1. The van der Waals surface area contributed by atoms with Crippen LogP contribution in [0.3, 0.4) is 0 Å². The molecule has 1 aromatic carbocycles. The predicted molar refractivity (Wildman–Crippen MR) is 88.1 cm³/mol. The van der Waals surface area contributed by atoms with Crippen LogP contribution in [0.4, 0.5) is 24.5 Å². The number of hydrogen-bond donors (Lipinski definition) is 1. The smallest absolute Gasteiger partial charge is 0.393 e. The number of carbonyl (C=O) groups is 1. The van der Waals surface area contributed by atoms with Gasteiger partial charge in [-0.3, -0.25) is 19.8 Å². The topological polar surface area (TPSA) is 84.7 Å². The Morgan fingerprint density at radius 3 is 2.73 bits per heavy atom. The zero-order valence-corrected chi connectivity index (χ0v) is 14.4. The van der Waals surface area contributed by atoms with Crippen molar-refractivity contribution in [3.8, 4) is 5.75 Å². The largest absolute Gasteiger partial charge is 0.495 e. The van der Waals surface area contributed by atoms with Crippen LogP contribution in [-0.2, 0) is 4.79 Å². The molecule has 1 heterocycles. The fraction of sp³-hybridized carbons (Fsp3) is 0.562. The summed E-state index contributed by atoms with van der Waals surface area (Å²) in [5, 5.41) is 13.4. The first-order valence-electron chi connectivity index (χ1n) is 8.07. The van der Waals surface area contributed by atoms with Crippen molar-refractivity contribution in [2.75, 3.05) is 25.5 Å². The van der Waals surface area contributed by atoms with Gasteiger partial charge in [-0.05, 0) is 32.4 Å². The van der Waals surface area contributed by atoms with E-state index in [2.05, 4.69) is 5.32 Å². The van der Waals surface area contributed by atoms with Crippen molar-refractivity contribution in [3.05, 3.63) is 28.3 Å². The fourth-order valence-corrected chi connectivity index (χ4v) is 2.94. The summed E-state index contributed by atoms with van der Waals surface area (Å²) >= 11 is 0. The number of nitrogens with zero attached hydrogens (tertiary/aromatic N) is 2. The maximum Gasteiger partial charge on any atom is 0.393 e. The maximum atomic E-state index is 12.9. The summed E-state index contributed by atoms with van der Waals surface area (Å²) in [6.45, 7) is 1.65. The Morgan fingerprint density at radius 1 is 1.46 bits per heavy atom. The Labute approximate surface area is 148 Å². The molecule has 1 fully saturated rings. The normalized spacial score (nSPS) is 19.7. The van der Waals surface area contributed by atoms with Gasteiger partial charge >= 0.3 is 6.18 Å². The molecular weight excluding hydrogens is 355 g/mol. The van der Waals surface area contributed by atoms with E-state index >= 15 is 0 Å². The van der Waals surface area contributed by atoms with Gasteiger partial charge in [0.05, 0.1) is 29.7 Å². The number of ether oxygens (including phenoxy) is 1. The summed E-state index contributed by atoms with van der Waals surface area (Å²) in [5.74, 6) is -1.78. The number of nitro benzene ring substituents is 1. The minimum absolute atomic E-state index is 0.0487. The highest BCUT2D eigenvalue weighted by Crippen LogP contribution is 2.34. The van der Waals surface area contributed by atoms with Gasteiger partial charge in [0.25, 0.3) is 5.69 Å². The van der Waals surface area contributed by atoms with Crippen LogP contribution in [0.2, 0.25) is 0 Å². The fourth-order valence-electron chi connectivity index (χ4n) is 2.94. The van der Waals surface area contributed by atoms with E-state index in [4.69, 9.17) is 4.74 Å². The summed E-state index contributed by atoms with van der Waals surface area (Å²) in [6.07, 6.45) is -3.90. The molecule has 2 rings (SSSR count). The third-order valence-electron chi connectivity index (χ3n) is 4.49. The number of anilines is 1. The first-order chi connectivity index (χ1) is 12.1. The van der Waals surface area contributed by atoms with Crippen molar-refractivity contribution in [2.45, 2.75) is 32.0 Å². The number of hydrogen-bond acceptors (Lipinski definition) is 5. The van der Waals surface area contributed by atoms with Crippen LogP contribution in [0.5, 0.6) is 5.75 Å². The van der Waals surface area contributed by atoms with Gasteiger partial charge in [-0.1, -0.05) is 0 Å². The molecule has 0 aromatic heterocycles. The summed E-state index contributed by atoms with van der Waals surface area (Å²) in [6, 6.07) is 2.91. The van der Waals surface area contributed by atoms with Crippen LogP contribution in [0.25, 0.3) is 0 Å². The molecule has 1 saturated heterocycles. The lowest BCUT2D eigenvalue weighted by molar-refractivity contribution is -0.384. The highest BCUT2D eigenvalue weighted by Gasteiger charge is 2.43. The molecule has 0 bridgehead atoms. The average molecular weight is 375 g/mol. The van der Waals surface area contributed by atoms with Crippen LogP contribution in [0.1, 0.15) is 19.8 Å². The molecular formula is C16H20F3N3O4. The number of alkyl halides is 3. The zero-order chi connectivity index (χ0) is 19.5. The lowest BCUT2D eigenvalue weighted by Crippen LogP contribution is -2.49. The van der Waals surface area contributed by atoms with Crippen LogP contribution >= 0.6 is 0 Å². The number of piperidine rings is 1. The lowest BCUT2D eigenvalue weighted by atomic mass is 9.96. The number of benzene rings is 1. The molecule has 1 aliphatic rings. The number of carbonyl (C=O) groups excluding carboxylic acids is 1. The van der Waals surface area contributed by atoms with E-state index in [1.807, 2.05) is 0 Å². The van der Waals surface area contributed by atoms with Gasteiger partial charge in [0.15, 0.2) is 0 Å². The second kappa shape index (κ2) is 7.90. The van der Waals surface area contributed by atoms with E-state index in [0.717, 1.165) is 6.07 Å². The third kappa shape index (κ3) is 4.63. The highest BCUT2D eigenvalue weighted by molar-refractivity contribution is 5.96. The number of nitro groups is 1. The number of amides is 1. The molecule has 1 amide bonds. The van der Waals surface area contributed by atoms with E-state index in [9.17, 15) is 28.1 Å². The molecule has 1 aromatic rings. The molecule has 2 atom stereocenters. The van der Waals surface area contributed by atoms with Crippen LogP contribution in [0.15, 0.2) is 18.2 Å². The molecule has 0 spiro atoms. The maximum absolute atomic E-state index is 12.9. The Kier molecular flexibility index (Phi) is 6.06. The number of nitrogens with one attached hydrogen (secondary N) is 1. The van der Waals surface area contributed by atoms with Crippen molar-refractivity contribution in [1.29, 1.82) is 0 Å². The van der Waals surface area contributed by atoms with Gasteiger partial charge < -0.3 is 10.1 Å². The Balaban J connectivity index is 2.11. The molecule has 1 aliphatic heterocycles. The number of rotatable bonds is 5. The van der Waals surface area contributed by atoms with Crippen molar-refractivity contribution < 1.29 is 27.6 Å². The van der Waals surface area contributed by atoms with Gasteiger partial charge in [0.1, 0.15) is 5.75 Å². The lowest BCUT2D eigenvalue weighted by Gasteiger charge is -2.36. The minimum atomic E-state index is -4.29. The van der Waals surface area contributed by atoms with Crippen molar-refractivity contribution in [2.24, 2.45) is 5.92 Å². The number of non-ortho nitro benzene ring substituents is 1. The first kappa shape index (κ1) is 20.0. The van der Waals surface area contributed by atoms with E-state index in [0.29, 0.717) is 13.0 Å². The second-order valence-corrected chi connectivity index (χ2v) is 6.18. The van der Waals surface area contributed by atoms with E-state index in [1.165, 1.54) is 31.1 Å². The van der Waals surface area contributed by atoms with Gasteiger partial charge in [-0.25, -0.2) is 0 Å². The van der Waals surface area contributed by atoms with Crippen LogP contribution < -0.4 is 10.1 Å². The van der Waals surface area contributed by atoms with E-state index < -0.39 is 29.0 Å². The highest BCUT2D eigenvalue weighted by atomic mass is 19.4. The van der Waals surface area contributed by atoms with Crippen molar-refractivity contribution in [3.63, 3.8) is 0 Å². The molecule has 7 nitrogen and oxygen atoms in total. The average Bonchev–Trinajstić information content (AvgIpc) is 2.60. The molecule has 26 heavy (non-hydrogen) atoms. The van der Waals surface area contributed by atoms with Crippen molar-refractivity contribution in [1.82, 2.24) is 4.90 Å². The molecule has 0 aliphatic carbocycles. The van der Waals surface area contributed by atoms with Crippen LogP contribution in [-0.4, -0.2) is 48.1 Å². The Bertz CT molecular complexity index is 681. The molecule has 0 saturated carbocycles. The zero-order valence-electron chi connectivity index (χ0n) is 14.4. The second-order valence-electron chi connectivity index (χ2n) is 6.18. The first-order valence-corrected chi connectivity index (χ1v) is 8.07. The molecule has 0 unspecified atom stereocenters. The molecule has 10 heteroatoms. The van der Waals surface area contributed by atoms with Gasteiger partial charge in [0.2, 0.25) is 5.91 Å². The number of likely N-dealkylation sites (tertiary alicyclic amines) is 1. The predicted octanol–water partition coefficient (Wildman–Crippen LogP) is 3.20. The summed E-state index contributed by atoms with van der Waals surface area (Å²) in [4.78, 5) is 24.2. The van der Waals surface area contributed by atoms with E-state index in [1.54, 1.807) is 0 Å². The third-order valence-corrected chi connectivity index (χ3v) is 4.49. The summed E-state index contributed by atoms with van der Waals surface area (Å²) in [5.41, 5.74) is -0.133. The molecule has 1 N–H and O–H groups in total. The Morgan fingerprint density at radius 2 is 2.15 bits per heavy atom. The summed E-state index contributed by atoms with van der Waals surface area (Å²) < 4.78 is 43.9. The summed E-state index contributed by atoms with van der Waals surface area (Å²) in [7, 11) is 1.35.